The van der Waals surface area contributed by atoms with E-state index in [1.807, 2.05) is 18.2 Å². The van der Waals surface area contributed by atoms with Gasteiger partial charge in [0, 0.05) is 43.4 Å². The number of carbonyl (C=O) groups is 1. The lowest BCUT2D eigenvalue weighted by Gasteiger charge is -2.50. The largest absolute Gasteiger partial charge is 0.419 e. The first kappa shape index (κ1) is 24.2. The predicted octanol–water partition coefficient (Wildman–Crippen LogP) is 5.11. The molecule has 1 atom stereocenters. The van der Waals surface area contributed by atoms with Crippen molar-refractivity contribution in [2.75, 3.05) is 31.1 Å². The first-order chi connectivity index (χ1) is 17.8. The number of thiazole rings is 1. The Bertz CT molecular complexity index is 1450. The van der Waals surface area contributed by atoms with Crippen LogP contribution in [0.15, 0.2) is 58.7 Å². The molecule has 190 valence electrons. The predicted molar refractivity (Wildman–Crippen MR) is 133 cm³/mol. The van der Waals surface area contributed by atoms with E-state index in [0.717, 1.165) is 11.9 Å². The molecular weight excluding hydrogens is 545 g/mol. The summed E-state index contributed by atoms with van der Waals surface area (Å²) in [6.07, 6.45) is 3.23. The lowest BCUT2D eigenvalue weighted by Crippen LogP contribution is -2.60. The number of nitrogens with zero attached hydrogens (tertiary/aromatic N) is 6. The normalized spacial score (nSPS) is 18.9. The Morgan fingerprint density at radius 3 is 2.68 bits per heavy atom. The fourth-order valence-corrected chi connectivity index (χ4v) is 5.88. The zero-order valence-corrected chi connectivity index (χ0v) is 21.4. The molecule has 6 rings (SSSR count). The van der Waals surface area contributed by atoms with Crippen LogP contribution >= 0.6 is 34.5 Å². The molecule has 0 saturated carbocycles. The summed E-state index contributed by atoms with van der Waals surface area (Å²) in [5.41, 5.74) is 0.726. The van der Waals surface area contributed by atoms with Crippen molar-refractivity contribution in [1.29, 1.82) is 0 Å². The van der Waals surface area contributed by atoms with E-state index >= 15 is 8.78 Å². The molecule has 0 bridgehead atoms. The maximum absolute atomic E-state index is 15.3. The highest BCUT2D eigenvalue weighted by Gasteiger charge is 2.58. The molecule has 2 fully saturated rings. The number of carbonyl (C=O) groups excluding carboxylic acids is 1. The third-order valence-corrected chi connectivity index (χ3v) is 8.35. The maximum Gasteiger partial charge on any atom is 0.349 e. The summed E-state index contributed by atoms with van der Waals surface area (Å²) in [6, 6.07) is 9.17. The second kappa shape index (κ2) is 9.00. The minimum absolute atomic E-state index is 0.00497. The number of anilines is 1. The number of amides is 1. The van der Waals surface area contributed by atoms with Crippen LogP contribution in [-0.2, 0) is 5.92 Å². The van der Waals surface area contributed by atoms with Crippen LogP contribution in [-0.4, -0.2) is 57.2 Å². The zero-order valence-electron chi connectivity index (χ0n) is 19.0. The summed E-state index contributed by atoms with van der Waals surface area (Å²) >= 11 is 13.1. The van der Waals surface area contributed by atoms with Gasteiger partial charge in [-0.25, -0.2) is 4.98 Å². The molecule has 5 heterocycles. The van der Waals surface area contributed by atoms with E-state index in [1.165, 1.54) is 29.7 Å². The monoisotopic (exact) mass is 562 g/mol. The van der Waals surface area contributed by atoms with Crippen molar-refractivity contribution in [3.63, 3.8) is 0 Å². The van der Waals surface area contributed by atoms with Crippen molar-refractivity contribution in [3.8, 4) is 0 Å². The van der Waals surface area contributed by atoms with E-state index < -0.39 is 28.7 Å². The van der Waals surface area contributed by atoms with Crippen LogP contribution in [0.3, 0.4) is 0 Å². The summed E-state index contributed by atoms with van der Waals surface area (Å²) in [7, 11) is 0. The lowest BCUT2D eigenvalue weighted by atomic mass is 9.71. The standard InChI is InChI=1S/C24H18Cl2F2N6O2S/c25-16-5-4-14(7-17(16)26)24(27,28)22-32-31-20(36-22)15-9-33(21(35)18-8-29-13-37-18)10-23(15)11-34(12-23)19-3-1-2-6-30-19/h1-8,13,15H,9-12H2. The molecule has 0 N–H and O–H groups in total. The van der Waals surface area contributed by atoms with Gasteiger partial charge in [0.15, 0.2) is 0 Å². The summed E-state index contributed by atoms with van der Waals surface area (Å²) < 4.78 is 36.2. The maximum atomic E-state index is 15.3. The minimum atomic E-state index is -3.58. The molecule has 1 unspecified atom stereocenters. The second-order valence-electron chi connectivity index (χ2n) is 9.16. The molecule has 1 amide bonds. The fraction of sp³-hybridized carbons (Fsp3) is 0.292. The van der Waals surface area contributed by atoms with Gasteiger partial charge in [-0.15, -0.1) is 21.5 Å². The molecule has 3 aromatic heterocycles. The fourth-order valence-electron chi connectivity index (χ4n) is 5.00. The first-order valence-electron chi connectivity index (χ1n) is 11.3. The summed E-state index contributed by atoms with van der Waals surface area (Å²) in [5, 5.41) is 7.88. The zero-order chi connectivity index (χ0) is 25.8. The lowest BCUT2D eigenvalue weighted by molar-refractivity contribution is 0.0108. The van der Waals surface area contributed by atoms with Crippen molar-refractivity contribution in [1.82, 2.24) is 25.1 Å². The Labute approximate surface area is 223 Å². The first-order valence-corrected chi connectivity index (χ1v) is 12.9. The van der Waals surface area contributed by atoms with Crippen molar-refractivity contribution in [2.45, 2.75) is 11.8 Å². The number of hydrogen-bond donors (Lipinski definition) is 0. The van der Waals surface area contributed by atoms with Gasteiger partial charge in [-0.05, 0) is 24.3 Å². The van der Waals surface area contributed by atoms with E-state index in [2.05, 4.69) is 25.1 Å². The van der Waals surface area contributed by atoms with Gasteiger partial charge < -0.3 is 14.2 Å². The number of halogens is 4. The van der Waals surface area contributed by atoms with Gasteiger partial charge in [-0.1, -0.05) is 35.3 Å². The van der Waals surface area contributed by atoms with Crippen LogP contribution < -0.4 is 4.90 Å². The van der Waals surface area contributed by atoms with Gasteiger partial charge in [0.1, 0.15) is 10.7 Å². The Kier molecular flexibility index (Phi) is 5.89. The molecule has 2 aliphatic heterocycles. The number of alkyl halides is 2. The summed E-state index contributed by atoms with van der Waals surface area (Å²) in [4.78, 5) is 25.8. The number of aromatic nitrogens is 4. The van der Waals surface area contributed by atoms with Crippen molar-refractivity contribution in [2.24, 2.45) is 5.41 Å². The molecule has 37 heavy (non-hydrogen) atoms. The average Bonchev–Trinajstić information content (AvgIpc) is 3.64. The van der Waals surface area contributed by atoms with Gasteiger partial charge in [-0.3, -0.25) is 9.78 Å². The Balaban J connectivity index is 1.31. The highest BCUT2D eigenvalue weighted by Crippen LogP contribution is 2.50. The van der Waals surface area contributed by atoms with Crippen LogP contribution in [0.1, 0.15) is 32.9 Å². The van der Waals surface area contributed by atoms with Gasteiger partial charge in [0.05, 0.1) is 27.7 Å². The van der Waals surface area contributed by atoms with E-state index in [4.69, 9.17) is 27.6 Å². The smallest absolute Gasteiger partial charge is 0.349 e. The number of hydrogen-bond acceptors (Lipinski definition) is 8. The quantitative estimate of drug-likeness (QED) is 0.333. The Morgan fingerprint density at radius 2 is 1.97 bits per heavy atom. The van der Waals surface area contributed by atoms with Crippen LogP contribution in [0.25, 0.3) is 0 Å². The van der Waals surface area contributed by atoms with Crippen molar-refractivity contribution >= 4 is 46.3 Å². The molecule has 4 aromatic rings. The van der Waals surface area contributed by atoms with E-state index in [-0.39, 0.29) is 28.4 Å². The number of likely N-dealkylation sites (tertiary alicyclic amines) is 1. The molecule has 1 spiro atoms. The second-order valence-corrected chi connectivity index (χ2v) is 10.9. The number of benzene rings is 1. The van der Waals surface area contributed by atoms with Crippen molar-refractivity contribution < 1.29 is 18.0 Å². The van der Waals surface area contributed by atoms with Crippen LogP contribution in [0.4, 0.5) is 14.6 Å². The van der Waals surface area contributed by atoms with E-state index in [0.29, 0.717) is 24.5 Å². The molecule has 0 aliphatic carbocycles. The Morgan fingerprint density at radius 1 is 1.14 bits per heavy atom. The average molecular weight is 563 g/mol. The van der Waals surface area contributed by atoms with E-state index in [1.54, 1.807) is 16.6 Å². The van der Waals surface area contributed by atoms with Crippen molar-refractivity contribution in [3.05, 3.63) is 86.6 Å². The van der Waals surface area contributed by atoms with Gasteiger partial charge in [0.25, 0.3) is 11.8 Å². The molecule has 1 aromatic carbocycles. The third-order valence-electron chi connectivity index (χ3n) is 6.85. The SMILES string of the molecule is O=C(c1cncs1)N1CC(c2nnc(C(F)(F)c3ccc(Cl)c(Cl)c3)o2)C2(C1)CN(c1ccccn1)C2. The van der Waals surface area contributed by atoms with Gasteiger partial charge in [-0.2, -0.15) is 8.78 Å². The molecule has 2 aliphatic rings. The minimum Gasteiger partial charge on any atom is -0.419 e. The van der Waals surface area contributed by atoms with Crippen LogP contribution in [0, 0.1) is 5.41 Å². The highest BCUT2D eigenvalue weighted by molar-refractivity contribution is 7.11. The Hall–Kier alpha value is -3.15. The molecular formula is C24H18Cl2F2N6O2S. The van der Waals surface area contributed by atoms with Crippen LogP contribution in [0.2, 0.25) is 10.0 Å². The third kappa shape index (κ3) is 4.14. The number of pyridine rings is 1. The number of rotatable bonds is 5. The highest BCUT2D eigenvalue weighted by atomic mass is 35.5. The van der Waals surface area contributed by atoms with Gasteiger partial charge in [0.2, 0.25) is 5.89 Å². The molecule has 13 heteroatoms. The topological polar surface area (TPSA) is 88.2 Å². The summed E-state index contributed by atoms with van der Waals surface area (Å²) in [6.45, 7) is 1.79. The van der Waals surface area contributed by atoms with Crippen LogP contribution in [0.5, 0.6) is 0 Å². The van der Waals surface area contributed by atoms with Gasteiger partial charge >= 0.3 is 5.92 Å². The molecule has 2 saturated heterocycles. The summed E-state index contributed by atoms with van der Waals surface area (Å²) in [5.74, 6) is -4.16. The molecule has 8 nitrogen and oxygen atoms in total. The molecule has 0 radical (unpaired) electrons. The van der Waals surface area contributed by atoms with E-state index in [9.17, 15) is 4.79 Å².